The van der Waals surface area contributed by atoms with Gasteiger partial charge in [0.15, 0.2) is 0 Å². The van der Waals surface area contributed by atoms with Crippen molar-refractivity contribution in [3.8, 4) is 0 Å². The second-order valence-electron chi connectivity index (χ2n) is 5.02. The van der Waals surface area contributed by atoms with Crippen LogP contribution >= 0.6 is 0 Å². The molecule has 1 aromatic carbocycles. The van der Waals surface area contributed by atoms with Crippen molar-refractivity contribution in [3.05, 3.63) is 35.4 Å². The normalized spacial score (nSPS) is 29.0. The number of aliphatic imine (C=N–C) groups is 1. The number of benzene rings is 1. The lowest BCUT2D eigenvalue weighted by Gasteiger charge is -2.35. The first-order chi connectivity index (χ1) is 7.30. The molecule has 1 heterocycles. The fourth-order valence-corrected chi connectivity index (χ4v) is 3.24. The van der Waals surface area contributed by atoms with Crippen LogP contribution in [0.25, 0.3) is 0 Å². The largest absolute Gasteiger partial charge is 0.293 e. The maximum absolute atomic E-state index is 4.63. The van der Waals surface area contributed by atoms with Gasteiger partial charge in [-0.1, -0.05) is 24.3 Å². The smallest absolute Gasteiger partial charge is 0.0489 e. The molecule has 0 fully saturated rings. The van der Waals surface area contributed by atoms with Crippen molar-refractivity contribution in [3.63, 3.8) is 0 Å². The van der Waals surface area contributed by atoms with Crippen LogP contribution in [0.15, 0.2) is 29.3 Å². The predicted octanol–water partition coefficient (Wildman–Crippen LogP) is 3.13. The van der Waals surface area contributed by atoms with Crippen LogP contribution in [0.5, 0.6) is 0 Å². The monoisotopic (exact) mass is 199 g/mol. The van der Waals surface area contributed by atoms with E-state index < -0.39 is 0 Å². The first-order valence-electron chi connectivity index (χ1n) is 5.88. The summed E-state index contributed by atoms with van der Waals surface area (Å²) in [5, 5.41) is 0. The Morgan fingerprint density at radius 2 is 2.13 bits per heavy atom. The van der Waals surface area contributed by atoms with E-state index in [1.807, 2.05) is 0 Å². The highest BCUT2D eigenvalue weighted by molar-refractivity contribution is 5.85. The van der Waals surface area contributed by atoms with Crippen molar-refractivity contribution in [1.82, 2.24) is 0 Å². The van der Waals surface area contributed by atoms with E-state index in [1.165, 1.54) is 31.4 Å². The minimum absolute atomic E-state index is 0.374. The number of rotatable bonds is 0. The fourth-order valence-electron chi connectivity index (χ4n) is 3.24. The molecule has 0 aromatic heterocycles. The van der Waals surface area contributed by atoms with Gasteiger partial charge in [-0.3, -0.25) is 4.99 Å². The Morgan fingerprint density at radius 3 is 2.93 bits per heavy atom. The van der Waals surface area contributed by atoms with Crippen LogP contribution in [0.2, 0.25) is 0 Å². The van der Waals surface area contributed by atoms with Gasteiger partial charge in [0, 0.05) is 17.7 Å². The van der Waals surface area contributed by atoms with Crippen LogP contribution in [0, 0.1) is 0 Å². The minimum atomic E-state index is 0.374. The number of hydrogen-bond acceptors (Lipinski definition) is 1. The Kier molecular flexibility index (Phi) is 1.95. The molecule has 1 heteroatoms. The lowest BCUT2D eigenvalue weighted by molar-refractivity contribution is 0.400. The van der Waals surface area contributed by atoms with E-state index in [0.29, 0.717) is 5.41 Å². The van der Waals surface area contributed by atoms with E-state index in [0.717, 1.165) is 6.54 Å². The second-order valence-corrected chi connectivity index (χ2v) is 5.02. The molecule has 1 aliphatic carbocycles. The Balaban J connectivity index is 2.07. The average molecular weight is 199 g/mol. The predicted molar refractivity (Wildman–Crippen MR) is 63.7 cm³/mol. The number of nitrogens with zero attached hydrogens (tertiary/aromatic N) is 1. The lowest BCUT2D eigenvalue weighted by Crippen LogP contribution is -2.32. The van der Waals surface area contributed by atoms with Gasteiger partial charge in [-0.2, -0.15) is 0 Å². The van der Waals surface area contributed by atoms with Crippen molar-refractivity contribution >= 4 is 5.71 Å². The van der Waals surface area contributed by atoms with Crippen LogP contribution in [-0.4, -0.2) is 12.3 Å². The van der Waals surface area contributed by atoms with Gasteiger partial charge in [0.2, 0.25) is 0 Å². The van der Waals surface area contributed by atoms with E-state index in [4.69, 9.17) is 0 Å². The summed E-state index contributed by atoms with van der Waals surface area (Å²) < 4.78 is 0. The molecule has 0 radical (unpaired) electrons. The Labute approximate surface area is 91.2 Å². The zero-order valence-corrected chi connectivity index (χ0v) is 9.29. The second kappa shape index (κ2) is 3.19. The van der Waals surface area contributed by atoms with E-state index in [1.54, 1.807) is 11.1 Å². The van der Waals surface area contributed by atoms with Gasteiger partial charge in [-0.25, -0.2) is 0 Å². The van der Waals surface area contributed by atoms with E-state index >= 15 is 0 Å². The first kappa shape index (κ1) is 9.14. The van der Waals surface area contributed by atoms with Crippen LogP contribution in [0.1, 0.15) is 37.3 Å². The summed E-state index contributed by atoms with van der Waals surface area (Å²) in [6.45, 7) is 3.20. The average Bonchev–Trinajstić information content (AvgIpc) is 2.62. The summed E-state index contributed by atoms with van der Waals surface area (Å²) in [6.07, 6.45) is 5.10. The van der Waals surface area contributed by atoms with Gasteiger partial charge < -0.3 is 0 Å². The zero-order chi connectivity index (χ0) is 10.3. The number of fused-ring (bicyclic) bond motifs is 2. The molecule has 1 nitrogen and oxygen atoms in total. The molecule has 0 saturated heterocycles. The van der Waals surface area contributed by atoms with Crippen LogP contribution in [0.4, 0.5) is 0 Å². The Bertz CT molecular complexity index is 419. The van der Waals surface area contributed by atoms with Crippen molar-refractivity contribution in [2.24, 2.45) is 4.99 Å². The molecular weight excluding hydrogens is 182 g/mol. The molecule has 1 aromatic rings. The minimum Gasteiger partial charge on any atom is -0.293 e. The van der Waals surface area contributed by atoms with Gasteiger partial charge in [0.25, 0.3) is 0 Å². The third kappa shape index (κ3) is 1.33. The highest BCUT2D eigenvalue weighted by atomic mass is 14.8. The molecule has 15 heavy (non-hydrogen) atoms. The summed E-state index contributed by atoms with van der Waals surface area (Å²) in [6, 6.07) is 8.96. The van der Waals surface area contributed by atoms with Crippen LogP contribution in [0.3, 0.4) is 0 Å². The van der Waals surface area contributed by atoms with E-state index in [-0.39, 0.29) is 0 Å². The summed E-state index contributed by atoms with van der Waals surface area (Å²) in [7, 11) is 0. The molecule has 2 aliphatic rings. The first-order valence-corrected chi connectivity index (χ1v) is 5.88. The van der Waals surface area contributed by atoms with Gasteiger partial charge in [0.1, 0.15) is 0 Å². The third-order valence-corrected chi connectivity index (χ3v) is 3.94. The van der Waals surface area contributed by atoms with E-state index in [2.05, 4.69) is 36.2 Å². The molecule has 1 spiro atoms. The standard InChI is InChI=1S/C14H17N/c1-11-9-14(10-15-11)8-4-6-12-5-2-3-7-13(12)14/h2-3,5,7H,4,6,8-10H2,1H3. The summed E-state index contributed by atoms with van der Waals surface area (Å²) in [5.74, 6) is 0. The molecule has 78 valence electrons. The molecule has 0 bridgehead atoms. The summed E-state index contributed by atoms with van der Waals surface area (Å²) >= 11 is 0. The molecule has 0 N–H and O–H groups in total. The van der Waals surface area contributed by atoms with Gasteiger partial charge in [-0.15, -0.1) is 0 Å². The topological polar surface area (TPSA) is 12.4 Å². The summed E-state index contributed by atoms with van der Waals surface area (Å²) in [4.78, 5) is 4.63. The quantitative estimate of drug-likeness (QED) is 0.608. The highest BCUT2D eigenvalue weighted by Gasteiger charge is 2.39. The molecule has 0 saturated carbocycles. The van der Waals surface area contributed by atoms with E-state index in [9.17, 15) is 0 Å². The van der Waals surface area contributed by atoms with Gasteiger partial charge in [0.05, 0.1) is 0 Å². The van der Waals surface area contributed by atoms with Gasteiger partial charge >= 0.3 is 0 Å². The molecule has 3 rings (SSSR count). The van der Waals surface area contributed by atoms with Crippen molar-refractivity contribution in [2.75, 3.05) is 6.54 Å². The van der Waals surface area contributed by atoms with Crippen LogP contribution in [-0.2, 0) is 11.8 Å². The molecule has 1 atom stereocenters. The zero-order valence-electron chi connectivity index (χ0n) is 9.29. The Morgan fingerprint density at radius 1 is 1.27 bits per heavy atom. The van der Waals surface area contributed by atoms with Gasteiger partial charge in [-0.05, 0) is 43.7 Å². The summed E-state index contributed by atoms with van der Waals surface area (Å²) in [5.41, 5.74) is 4.86. The number of aryl methyl sites for hydroxylation is 1. The molecule has 0 amide bonds. The molecule has 1 aliphatic heterocycles. The van der Waals surface area contributed by atoms with Crippen molar-refractivity contribution < 1.29 is 0 Å². The lowest BCUT2D eigenvalue weighted by atomic mass is 9.68. The molecule has 1 unspecified atom stereocenters. The number of hydrogen-bond donors (Lipinski definition) is 0. The van der Waals surface area contributed by atoms with Crippen molar-refractivity contribution in [2.45, 2.75) is 38.0 Å². The third-order valence-electron chi connectivity index (χ3n) is 3.94. The van der Waals surface area contributed by atoms with Crippen molar-refractivity contribution in [1.29, 1.82) is 0 Å². The maximum Gasteiger partial charge on any atom is 0.0489 e. The fraction of sp³-hybridized carbons (Fsp3) is 0.500. The maximum atomic E-state index is 4.63. The van der Waals surface area contributed by atoms with Crippen LogP contribution < -0.4 is 0 Å². The Hall–Kier alpha value is -1.11. The molecular formula is C14H17N. The highest BCUT2D eigenvalue weighted by Crippen LogP contribution is 2.43. The SMILES string of the molecule is CC1=NCC2(CCCc3ccccc32)C1.